The SMILES string of the molecule is COc1cc(OCc2cccc(-c3cccc(OCCCN4CCC(O)C4)c3C)c2C)c(Cl)cc1CN[C@](C)(CO)C(=O)O. The number of aliphatic hydroxyl groups is 2. The number of hydrogen-bond donors (Lipinski definition) is 4. The summed E-state index contributed by atoms with van der Waals surface area (Å²) in [5, 5.41) is 31.9. The van der Waals surface area contributed by atoms with Gasteiger partial charge in [-0.3, -0.25) is 10.1 Å². The zero-order valence-electron chi connectivity index (χ0n) is 25.9. The number of nitrogens with one attached hydrogen (secondary N) is 1. The molecule has 9 nitrogen and oxygen atoms in total. The predicted molar refractivity (Wildman–Crippen MR) is 171 cm³/mol. The van der Waals surface area contributed by atoms with E-state index in [1.807, 2.05) is 24.3 Å². The van der Waals surface area contributed by atoms with E-state index in [0.717, 1.165) is 66.0 Å². The Bertz CT molecular complexity index is 1450. The van der Waals surface area contributed by atoms with E-state index in [2.05, 4.69) is 36.2 Å². The largest absolute Gasteiger partial charge is 0.496 e. The number of benzene rings is 3. The Hall–Kier alpha value is -3.34. The van der Waals surface area contributed by atoms with Gasteiger partial charge in [0.1, 0.15) is 29.4 Å². The number of aliphatic carboxylic acids is 1. The Morgan fingerprint density at radius 1 is 1.05 bits per heavy atom. The zero-order chi connectivity index (χ0) is 31.9. The Morgan fingerprint density at radius 3 is 2.43 bits per heavy atom. The van der Waals surface area contributed by atoms with Crippen LogP contribution in [0.5, 0.6) is 17.2 Å². The number of methoxy groups -OCH3 is 1. The van der Waals surface area contributed by atoms with Crippen LogP contribution in [0.2, 0.25) is 5.02 Å². The van der Waals surface area contributed by atoms with Gasteiger partial charge in [-0.05, 0) is 73.6 Å². The Balaban J connectivity index is 1.43. The number of halogens is 1. The maximum atomic E-state index is 11.5. The van der Waals surface area contributed by atoms with E-state index < -0.39 is 18.1 Å². The first-order valence-corrected chi connectivity index (χ1v) is 15.2. The summed E-state index contributed by atoms with van der Waals surface area (Å²) in [6, 6.07) is 15.6. The minimum Gasteiger partial charge on any atom is -0.496 e. The van der Waals surface area contributed by atoms with E-state index in [-0.39, 0.29) is 19.3 Å². The first kappa shape index (κ1) is 33.6. The summed E-state index contributed by atoms with van der Waals surface area (Å²) in [5.74, 6) is 0.627. The summed E-state index contributed by atoms with van der Waals surface area (Å²) < 4.78 is 17.9. The summed E-state index contributed by atoms with van der Waals surface area (Å²) in [6.45, 7) is 8.61. The second kappa shape index (κ2) is 15.1. The second-order valence-corrected chi connectivity index (χ2v) is 11.9. The van der Waals surface area contributed by atoms with Gasteiger partial charge >= 0.3 is 5.97 Å². The number of carbonyl (C=O) groups is 1. The maximum Gasteiger partial charge on any atom is 0.326 e. The molecule has 0 spiro atoms. The van der Waals surface area contributed by atoms with E-state index in [4.69, 9.17) is 25.8 Å². The molecule has 0 aliphatic carbocycles. The zero-order valence-corrected chi connectivity index (χ0v) is 26.6. The lowest BCUT2D eigenvalue weighted by molar-refractivity contribution is -0.145. The fourth-order valence-corrected chi connectivity index (χ4v) is 5.58. The standard InChI is InChI=1S/C34H43ClN2O7/c1-22-24(20-44-32-17-31(42-4)25(16-29(32)35)18-36-34(3,21-38)33(40)41)8-5-9-27(22)28-10-6-11-30(23(28)2)43-15-7-13-37-14-12-26(39)19-37/h5-6,8-11,16-17,26,36,38-39H,7,12-15,18-21H2,1-4H3,(H,40,41)/t26?,34-/m1/s1. The van der Waals surface area contributed by atoms with Crippen LogP contribution < -0.4 is 19.5 Å². The summed E-state index contributed by atoms with van der Waals surface area (Å²) >= 11 is 6.57. The van der Waals surface area contributed by atoms with Crippen molar-refractivity contribution in [3.05, 3.63) is 75.8 Å². The fourth-order valence-electron chi connectivity index (χ4n) is 5.34. The third-order valence-electron chi connectivity index (χ3n) is 8.32. The van der Waals surface area contributed by atoms with Crippen LogP contribution in [-0.2, 0) is 17.9 Å². The average Bonchev–Trinajstić information content (AvgIpc) is 3.43. The lowest BCUT2D eigenvalue weighted by Crippen LogP contribution is -2.52. The van der Waals surface area contributed by atoms with Crippen LogP contribution in [0.15, 0.2) is 48.5 Å². The first-order chi connectivity index (χ1) is 21.1. The van der Waals surface area contributed by atoms with Gasteiger partial charge in [0, 0.05) is 37.8 Å². The van der Waals surface area contributed by atoms with Crippen molar-refractivity contribution in [2.24, 2.45) is 0 Å². The van der Waals surface area contributed by atoms with Gasteiger partial charge in [0.25, 0.3) is 0 Å². The molecule has 1 heterocycles. The molecule has 0 aromatic heterocycles. The quantitative estimate of drug-likeness (QED) is 0.173. The van der Waals surface area contributed by atoms with Gasteiger partial charge in [-0.2, -0.15) is 0 Å². The molecule has 3 aromatic carbocycles. The number of carboxylic acids is 1. The van der Waals surface area contributed by atoms with E-state index in [0.29, 0.717) is 28.7 Å². The molecule has 1 aliphatic heterocycles. The topological polar surface area (TPSA) is 121 Å². The fraction of sp³-hybridized carbons (Fsp3) is 0.441. The van der Waals surface area contributed by atoms with Crippen molar-refractivity contribution in [2.45, 2.75) is 58.4 Å². The smallest absolute Gasteiger partial charge is 0.326 e. The normalized spacial score (nSPS) is 16.5. The van der Waals surface area contributed by atoms with Crippen molar-refractivity contribution >= 4 is 17.6 Å². The molecular formula is C34H43ClN2O7. The molecule has 4 N–H and O–H groups in total. The third kappa shape index (κ3) is 8.02. The molecular weight excluding hydrogens is 584 g/mol. The second-order valence-electron chi connectivity index (χ2n) is 11.5. The molecule has 1 unspecified atom stereocenters. The number of rotatable bonds is 15. The number of likely N-dealkylation sites (tertiary alicyclic amines) is 1. The van der Waals surface area contributed by atoms with E-state index in [9.17, 15) is 20.1 Å². The van der Waals surface area contributed by atoms with Gasteiger partial charge in [0.2, 0.25) is 0 Å². The number of nitrogens with zero attached hydrogens (tertiary/aromatic N) is 1. The van der Waals surface area contributed by atoms with Gasteiger partial charge in [-0.1, -0.05) is 41.9 Å². The molecule has 0 radical (unpaired) electrons. The van der Waals surface area contributed by atoms with Gasteiger partial charge in [0.05, 0.1) is 31.5 Å². The van der Waals surface area contributed by atoms with Crippen LogP contribution in [0.3, 0.4) is 0 Å². The number of β-amino-alcohol motifs (C(OH)–C–C–N with tert-alkyl or cyclic N) is 1. The van der Waals surface area contributed by atoms with Crippen molar-refractivity contribution in [2.75, 3.05) is 40.0 Å². The number of hydrogen-bond acceptors (Lipinski definition) is 8. The van der Waals surface area contributed by atoms with Crippen LogP contribution in [-0.4, -0.2) is 77.8 Å². The van der Waals surface area contributed by atoms with Crippen LogP contribution in [0.25, 0.3) is 11.1 Å². The van der Waals surface area contributed by atoms with Crippen molar-refractivity contribution < 1.29 is 34.3 Å². The van der Waals surface area contributed by atoms with Crippen LogP contribution in [0.4, 0.5) is 0 Å². The first-order valence-electron chi connectivity index (χ1n) is 14.9. The number of carboxylic acid groups (broad SMARTS) is 1. The van der Waals surface area contributed by atoms with Gasteiger partial charge in [0.15, 0.2) is 0 Å². The molecule has 44 heavy (non-hydrogen) atoms. The highest BCUT2D eigenvalue weighted by Crippen LogP contribution is 2.36. The summed E-state index contributed by atoms with van der Waals surface area (Å²) in [5.41, 5.74) is 4.48. The highest BCUT2D eigenvalue weighted by atomic mass is 35.5. The Kier molecular flexibility index (Phi) is 11.5. The molecule has 0 saturated carbocycles. The van der Waals surface area contributed by atoms with Crippen LogP contribution >= 0.6 is 11.6 Å². The molecule has 1 saturated heterocycles. The maximum absolute atomic E-state index is 11.5. The van der Waals surface area contributed by atoms with E-state index >= 15 is 0 Å². The molecule has 0 bridgehead atoms. The van der Waals surface area contributed by atoms with E-state index in [1.54, 1.807) is 12.1 Å². The minimum absolute atomic E-state index is 0.123. The van der Waals surface area contributed by atoms with Crippen molar-refractivity contribution in [1.29, 1.82) is 0 Å². The molecule has 1 fully saturated rings. The van der Waals surface area contributed by atoms with Crippen molar-refractivity contribution in [3.8, 4) is 28.4 Å². The molecule has 238 valence electrons. The highest BCUT2D eigenvalue weighted by molar-refractivity contribution is 6.32. The van der Waals surface area contributed by atoms with E-state index in [1.165, 1.54) is 14.0 Å². The van der Waals surface area contributed by atoms with Crippen LogP contribution in [0, 0.1) is 13.8 Å². The lowest BCUT2D eigenvalue weighted by atomic mass is 9.93. The predicted octanol–water partition coefficient (Wildman–Crippen LogP) is 4.97. The van der Waals surface area contributed by atoms with Crippen LogP contribution in [0.1, 0.15) is 42.0 Å². The van der Waals surface area contributed by atoms with Gasteiger partial charge in [-0.25, -0.2) is 0 Å². The summed E-state index contributed by atoms with van der Waals surface area (Å²) in [7, 11) is 1.52. The molecule has 0 amide bonds. The molecule has 1 aliphatic rings. The molecule has 4 rings (SSSR count). The number of aliphatic hydroxyl groups excluding tert-OH is 2. The monoisotopic (exact) mass is 626 g/mol. The molecule has 3 aromatic rings. The Morgan fingerprint density at radius 2 is 1.77 bits per heavy atom. The lowest BCUT2D eigenvalue weighted by Gasteiger charge is -2.24. The average molecular weight is 627 g/mol. The highest BCUT2D eigenvalue weighted by Gasteiger charge is 2.32. The summed E-state index contributed by atoms with van der Waals surface area (Å²) in [6.07, 6.45) is 1.54. The third-order valence-corrected chi connectivity index (χ3v) is 8.61. The Labute approximate surface area is 264 Å². The van der Waals surface area contributed by atoms with Crippen molar-refractivity contribution in [1.82, 2.24) is 10.2 Å². The molecule has 2 atom stereocenters. The van der Waals surface area contributed by atoms with Gasteiger partial charge in [-0.15, -0.1) is 0 Å². The molecule has 10 heteroatoms. The summed E-state index contributed by atoms with van der Waals surface area (Å²) in [4.78, 5) is 13.8. The van der Waals surface area contributed by atoms with Gasteiger partial charge < -0.3 is 34.4 Å². The minimum atomic E-state index is -1.50. The van der Waals surface area contributed by atoms with Crippen molar-refractivity contribution in [3.63, 3.8) is 0 Å². The number of ether oxygens (including phenoxy) is 3.